The highest BCUT2D eigenvalue weighted by Gasteiger charge is 2.16. The maximum Gasteiger partial charge on any atom is 0.271 e. The SMILES string of the molecule is O=c1[nH][nH]c(-c2cccnc2)c1C=C1C=Nc2ncccc21. The van der Waals surface area contributed by atoms with E-state index in [4.69, 9.17) is 0 Å². The molecule has 3 aromatic rings. The van der Waals surface area contributed by atoms with Gasteiger partial charge >= 0.3 is 0 Å². The molecule has 0 atom stereocenters. The number of nitrogens with zero attached hydrogens (tertiary/aromatic N) is 3. The zero-order valence-electron chi connectivity index (χ0n) is 11.4. The summed E-state index contributed by atoms with van der Waals surface area (Å²) in [5.74, 6) is 0.670. The van der Waals surface area contributed by atoms with Crippen molar-refractivity contribution in [3.8, 4) is 11.3 Å². The van der Waals surface area contributed by atoms with Crippen LogP contribution in [0.5, 0.6) is 0 Å². The molecule has 0 spiro atoms. The van der Waals surface area contributed by atoms with Crippen molar-refractivity contribution in [1.29, 1.82) is 0 Å². The highest BCUT2D eigenvalue weighted by atomic mass is 16.1. The number of aromatic amines is 2. The Balaban J connectivity index is 1.86. The molecule has 1 aliphatic rings. The zero-order valence-corrected chi connectivity index (χ0v) is 11.4. The lowest BCUT2D eigenvalue weighted by molar-refractivity contribution is 1.06. The van der Waals surface area contributed by atoms with Crippen LogP contribution in [0.2, 0.25) is 0 Å². The summed E-state index contributed by atoms with van der Waals surface area (Å²) in [6, 6.07) is 7.51. The van der Waals surface area contributed by atoms with Crippen LogP contribution >= 0.6 is 0 Å². The summed E-state index contributed by atoms with van der Waals surface area (Å²) < 4.78 is 0. The number of fused-ring (bicyclic) bond motifs is 1. The van der Waals surface area contributed by atoms with E-state index in [1.807, 2.05) is 30.3 Å². The minimum atomic E-state index is -0.183. The summed E-state index contributed by atoms with van der Waals surface area (Å²) in [5, 5.41) is 5.53. The third-order valence-electron chi connectivity index (χ3n) is 3.49. The number of aromatic nitrogens is 4. The van der Waals surface area contributed by atoms with E-state index in [0.29, 0.717) is 17.1 Å². The van der Waals surface area contributed by atoms with Crippen LogP contribution in [-0.2, 0) is 0 Å². The molecule has 22 heavy (non-hydrogen) atoms. The largest absolute Gasteiger partial charge is 0.297 e. The predicted octanol–water partition coefficient (Wildman–Crippen LogP) is 2.42. The third-order valence-corrected chi connectivity index (χ3v) is 3.49. The van der Waals surface area contributed by atoms with Gasteiger partial charge in [0.1, 0.15) is 0 Å². The summed E-state index contributed by atoms with van der Waals surface area (Å²) in [6.45, 7) is 0. The minimum Gasteiger partial charge on any atom is -0.297 e. The minimum absolute atomic E-state index is 0.183. The highest BCUT2D eigenvalue weighted by molar-refractivity contribution is 6.21. The van der Waals surface area contributed by atoms with Gasteiger partial charge in [0.25, 0.3) is 5.56 Å². The molecule has 0 fully saturated rings. The average Bonchev–Trinajstić information content (AvgIpc) is 3.14. The van der Waals surface area contributed by atoms with E-state index in [1.54, 1.807) is 24.8 Å². The molecule has 2 N–H and O–H groups in total. The Kier molecular flexibility index (Phi) is 2.79. The lowest BCUT2D eigenvalue weighted by atomic mass is 10.0. The summed E-state index contributed by atoms with van der Waals surface area (Å²) >= 11 is 0. The number of allylic oxidation sites excluding steroid dienone is 1. The van der Waals surface area contributed by atoms with Crippen LogP contribution in [0, 0.1) is 0 Å². The second-order valence-electron chi connectivity index (χ2n) is 4.84. The second-order valence-corrected chi connectivity index (χ2v) is 4.84. The van der Waals surface area contributed by atoms with E-state index in [-0.39, 0.29) is 5.56 Å². The van der Waals surface area contributed by atoms with Gasteiger partial charge in [0, 0.05) is 41.5 Å². The van der Waals surface area contributed by atoms with Crippen molar-refractivity contribution in [3.63, 3.8) is 0 Å². The van der Waals surface area contributed by atoms with Crippen molar-refractivity contribution in [2.24, 2.45) is 4.99 Å². The highest BCUT2D eigenvalue weighted by Crippen LogP contribution is 2.31. The van der Waals surface area contributed by atoms with Crippen molar-refractivity contribution >= 4 is 23.7 Å². The fraction of sp³-hybridized carbons (Fsp3) is 0. The fourth-order valence-electron chi connectivity index (χ4n) is 2.44. The van der Waals surface area contributed by atoms with Crippen molar-refractivity contribution in [1.82, 2.24) is 20.2 Å². The Morgan fingerprint density at radius 2 is 2.00 bits per heavy atom. The standard InChI is InChI=1S/C16H11N5O/c22-16-13(14(20-21-16)10-3-1-5-17-8-10)7-11-9-19-15-12(11)4-2-6-18-15/h1-9H,(H2,20,21,22). The van der Waals surface area contributed by atoms with Gasteiger partial charge in [-0.3, -0.25) is 20.0 Å². The maximum absolute atomic E-state index is 12.1. The predicted molar refractivity (Wildman–Crippen MR) is 84.9 cm³/mol. The smallest absolute Gasteiger partial charge is 0.271 e. The summed E-state index contributed by atoms with van der Waals surface area (Å²) in [5.41, 5.74) is 3.69. The summed E-state index contributed by atoms with van der Waals surface area (Å²) in [6.07, 6.45) is 8.63. The van der Waals surface area contributed by atoms with Gasteiger partial charge in [-0.25, -0.2) is 9.98 Å². The number of nitrogens with one attached hydrogen (secondary N) is 2. The van der Waals surface area contributed by atoms with E-state index < -0.39 is 0 Å². The van der Waals surface area contributed by atoms with Crippen LogP contribution in [0.25, 0.3) is 22.9 Å². The number of rotatable bonds is 2. The molecule has 0 amide bonds. The Labute approximate surface area is 125 Å². The van der Waals surface area contributed by atoms with Gasteiger partial charge in [-0.05, 0) is 30.3 Å². The van der Waals surface area contributed by atoms with Gasteiger partial charge in [-0.15, -0.1) is 0 Å². The lowest BCUT2D eigenvalue weighted by Gasteiger charge is -2.00. The van der Waals surface area contributed by atoms with E-state index in [2.05, 4.69) is 25.2 Å². The van der Waals surface area contributed by atoms with Crippen molar-refractivity contribution in [2.45, 2.75) is 0 Å². The molecule has 3 aromatic heterocycles. The molecule has 4 rings (SSSR count). The first-order chi connectivity index (χ1) is 10.8. The van der Waals surface area contributed by atoms with E-state index in [0.717, 1.165) is 16.7 Å². The van der Waals surface area contributed by atoms with Gasteiger partial charge < -0.3 is 0 Å². The molecule has 0 saturated heterocycles. The zero-order chi connectivity index (χ0) is 14.9. The normalized spacial score (nSPS) is 14.5. The van der Waals surface area contributed by atoms with Gasteiger partial charge in [0.15, 0.2) is 5.82 Å². The molecule has 6 heteroatoms. The van der Waals surface area contributed by atoms with E-state index >= 15 is 0 Å². The average molecular weight is 289 g/mol. The van der Waals surface area contributed by atoms with E-state index in [9.17, 15) is 4.79 Å². The number of H-pyrrole nitrogens is 2. The Bertz CT molecular complexity index is 950. The van der Waals surface area contributed by atoms with Gasteiger partial charge in [0.05, 0.1) is 11.3 Å². The lowest BCUT2D eigenvalue weighted by Crippen LogP contribution is -2.02. The molecular formula is C16H11N5O. The molecule has 4 heterocycles. The Morgan fingerprint density at radius 1 is 1.09 bits per heavy atom. The van der Waals surface area contributed by atoms with Crippen molar-refractivity contribution in [3.05, 3.63) is 64.3 Å². The molecule has 0 unspecified atom stereocenters. The first-order valence-electron chi connectivity index (χ1n) is 6.75. The maximum atomic E-state index is 12.1. The number of hydrogen-bond acceptors (Lipinski definition) is 4. The van der Waals surface area contributed by atoms with Crippen LogP contribution in [0.3, 0.4) is 0 Å². The summed E-state index contributed by atoms with van der Waals surface area (Å²) in [4.78, 5) is 24.6. The van der Waals surface area contributed by atoms with Crippen LogP contribution in [0.15, 0.2) is 52.6 Å². The first-order valence-corrected chi connectivity index (χ1v) is 6.75. The molecule has 0 aliphatic carbocycles. The summed E-state index contributed by atoms with van der Waals surface area (Å²) in [7, 11) is 0. The monoisotopic (exact) mass is 289 g/mol. The third kappa shape index (κ3) is 1.98. The van der Waals surface area contributed by atoms with Crippen molar-refractivity contribution < 1.29 is 0 Å². The number of hydrogen-bond donors (Lipinski definition) is 2. The van der Waals surface area contributed by atoms with Gasteiger partial charge in [-0.2, -0.15) is 0 Å². The van der Waals surface area contributed by atoms with Crippen LogP contribution in [-0.4, -0.2) is 26.4 Å². The molecule has 1 aliphatic heterocycles. The molecule has 0 bridgehead atoms. The second kappa shape index (κ2) is 4.92. The van der Waals surface area contributed by atoms with Crippen LogP contribution < -0.4 is 5.56 Å². The molecule has 0 radical (unpaired) electrons. The Morgan fingerprint density at radius 3 is 2.86 bits per heavy atom. The molecule has 106 valence electrons. The van der Waals surface area contributed by atoms with Crippen LogP contribution in [0.4, 0.5) is 5.82 Å². The topological polar surface area (TPSA) is 86.8 Å². The molecule has 0 aromatic carbocycles. The quantitative estimate of drug-likeness (QED) is 0.759. The van der Waals surface area contributed by atoms with Crippen LogP contribution in [0.1, 0.15) is 11.1 Å². The van der Waals surface area contributed by atoms with Crippen molar-refractivity contribution in [2.75, 3.05) is 0 Å². The van der Waals surface area contributed by atoms with Gasteiger partial charge in [0.2, 0.25) is 0 Å². The number of pyridine rings is 2. The van der Waals surface area contributed by atoms with E-state index in [1.165, 1.54) is 0 Å². The fourth-order valence-corrected chi connectivity index (χ4v) is 2.44. The first kappa shape index (κ1) is 12.5. The molecule has 6 nitrogen and oxygen atoms in total. The molecule has 0 saturated carbocycles. The Hall–Kier alpha value is -3.28. The van der Waals surface area contributed by atoms with Gasteiger partial charge in [-0.1, -0.05) is 0 Å². The number of aliphatic imine (C=N–C) groups is 1. The molecular weight excluding hydrogens is 278 g/mol.